The second kappa shape index (κ2) is 9.28. The van der Waals surface area contributed by atoms with Gasteiger partial charge in [-0.05, 0) is 43.9 Å². The second-order valence-corrected chi connectivity index (χ2v) is 8.28. The zero-order valence-corrected chi connectivity index (χ0v) is 18.7. The van der Waals surface area contributed by atoms with Crippen molar-refractivity contribution in [1.82, 2.24) is 19.8 Å². The smallest absolute Gasteiger partial charge is 0.270 e. The number of halogens is 1. The van der Waals surface area contributed by atoms with Crippen molar-refractivity contribution in [2.24, 2.45) is 0 Å². The minimum absolute atomic E-state index is 0.0503. The number of methoxy groups -OCH3 is 1. The number of hydrogen-bond donors (Lipinski definition) is 1. The molecule has 1 N–H and O–H groups in total. The van der Waals surface area contributed by atoms with E-state index in [-0.39, 0.29) is 30.3 Å². The molecule has 2 aromatic heterocycles. The predicted octanol–water partition coefficient (Wildman–Crippen LogP) is 3.07. The van der Waals surface area contributed by atoms with Gasteiger partial charge in [-0.3, -0.25) is 9.59 Å². The van der Waals surface area contributed by atoms with Crippen LogP contribution in [0.4, 0.5) is 4.39 Å². The summed E-state index contributed by atoms with van der Waals surface area (Å²) in [5.41, 5.74) is 2.18. The fraction of sp³-hybridized carbons (Fsp3) is 0.522. The molecule has 0 unspecified atom stereocenters. The van der Waals surface area contributed by atoms with Crippen LogP contribution in [0.1, 0.15) is 71.3 Å². The van der Waals surface area contributed by atoms with Crippen molar-refractivity contribution in [3.05, 3.63) is 46.7 Å². The Kier molecular flexibility index (Phi) is 6.45. The number of nitrogens with zero attached hydrogens (tertiary/aromatic N) is 3. The van der Waals surface area contributed by atoms with E-state index in [9.17, 15) is 14.0 Å². The fourth-order valence-electron chi connectivity index (χ4n) is 4.52. The summed E-state index contributed by atoms with van der Waals surface area (Å²) in [6, 6.07) is 2.75. The monoisotopic (exact) mass is 444 g/mol. The number of pyridine rings is 1. The number of nitrogens with one attached hydrogen (secondary N) is 1. The van der Waals surface area contributed by atoms with E-state index in [1.54, 1.807) is 6.07 Å². The lowest BCUT2D eigenvalue weighted by Gasteiger charge is -2.24. The Labute approximate surface area is 186 Å². The Bertz CT molecular complexity index is 1020. The van der Waals surface area contributed by atoms with Crippen molar-refractivity contribution in [2.75, 3.05) is 20.3 Å². The third-order valence-electron chi connectivity index (χ3n) is 6.32. The van der Waals surface area contributed by atoms with E-state index in [1.807, 2.05) is 16.4 Å². The highest BCUT2D eigenvalue weighted by molar-refractivity contribution is 6.01. The van der Waals surface area contributed by atoms with Crippen LogP contribution in [0.5, 0.6) is 5.88 Å². The van der Waals surface area contributed by atoms with Gasteiger partial charge >= 0.3 is 0 Å². The molecule has 0 spiro atoms. The van der Waals surface area contributed by atoms with Crippen molar-refractivity contribution < 1.29 is 23.5 Å². The predicted molar refractivity (Wildman–Crippen MR) is 115 cm³/mol. The van der Waals surface area contributed by atoms with Gasteiger partial charge in [-0.1, -0.05) is 6.92 Å². The van der Waals surface area contributed by atoms with Crippen LogP contribution in [0.15, 0.2) is 18.3 Å². The molecular weight excluding hydrogens is 415 g/mol. The first-order chi connectivity index (χ1) is 15.4. The molecule has 2 aliphatic rings. The van der Waals surface area contributed by atoms with Gasteiger partial charge in [-0.15, -0.1) is 0 Å². The molecule has 4 heterocycles. The third kappa shape index (κ3) is 4.09. The maximum absolute atomic E-state index is 14.1. The van der Waals surface area contributed by atoms with Crippen LogP contribution in [0.3, 0.4) is 0 Å². The molecule has 0 aliphatic carbocycles. The standard InChI is InChI=1S/C23H29FN4O4/c1-4-18(15-10-17(24)22(31-3)25-12-15)26-21(29)16-11-19(28-8-9-32-13-20(16)28)23(30)27-7-5-6-14(27)2/h10-12,14,18H,4-9,13H2,1-3H3,(H,26,29)/t14-,18+/m0/s1. The number of aromatic nitrogens is 2. The topological polar surface area (TPSA) is 85.7 Å². The number of carbonyl (C=O) groups is 2. The highest BCUT2D eigenvalue weighted by Crippen LogP contribution is 2.27. The number of fused-ring (bicyclic) bond motifs is 1. The average molecular weight is 445 g/mol. The molecule has 1 fully saturated rings. The maximum atomic E-state index is 14.1. The van der Waals surface area contributed by atoms with Crippen LogP contribution >= 0.6 is 0 Å². The molecule has 4 rings (SSSR count). The Balaban J connectivity index is 1.61. The lowest BCUT2D eigenvalue weighted by atomic mass is 10.1. The highest BCUT2D eigenvalue weighted by Gasteiger charge is 2.32. The van der Waals surface area contributed by atoms with Crippen molar-refractivity contribution >= 4 is 11.8 Å². The Hall–Kier alpha value is -2.94. The molecule has 0 radical (unpaired) electrons. The molecular formula is C23H29FN4O4. The molecule has 2 aromatic rings. The van der Waals surface area contributed by atoms with Crippen molar-refractivity contribution in [2.45, 2.75) is 58.3 Å². The molecule has 0 aromatic carbocycles. The zero-order chi connectivity index (χ0) is 22.8. The lowest BCUT2D eigenvalue weighted by molar-refractivity contribution is 0.0683. The van der Waals surface area contributed by atoms with Gasteiger partial charge in [0.2, 0.25) is 5.88 Å². The summed E-state index contributed by atoms with van der Waals surface area (Å²) in [5.74, 6) is -1.05. The van der Waals surface area contributed by atoms with Gasteiger partial charge in [0.1, 0.15) is 5.69 Å². The summed E-state index contributed by atoms with van der Waals surface area (Å²) < 4.78 is 26.5. The van der Waals surface area contributed by atoms with Crippen LogP contribution in [-0.2, 0) is 17.9 Å². The van der Waals surface area contributed by atoms with E-state index in [0.717, 1.165) is 19.4 Å². The van der Waals surface area contributed by atoms with E-state index in [1.165, 1.54) is 19.4 Å². The molecule has 0 saturated carbocycles. The normalized spacial score (nSPS) is 18.9. The molecule has 1 saturated heterocycles. The number of hydrogen-bond acceptors (Lipinski definition) is 5. The molecule has 8 nitrogen and oxygen atoms in total. The second-order valence-electron chi connectivity index (χ2n) is 8.28. The van der Waals surface area contributed by atoms with Crippen LogP contribution in [0.25, 0.3) is 0 Å². The Morgan fingerprint density at radius 3 is 2.84 bits per heavy atom. The Morgan fingerprint density at radius 2 is 2.19 bits per heavy atom. The summed E-state index contributed by atoms with van der Waals surface area (Å²) in [6.07, 6.45) is 4.02. The maximum Gasteiger partial charge on any atom is 0.270 e. The van der Waals surface area contributed by atoms with Gasteiger partial charge in [0.05, 0.1) is 37.6 Å². The van der Waals surface area contributed by atoms with Gasteiger partial charge in [-0.25, -0.2) is 9.37 Å². The minimum atomic E-state index is -0.583. The molecule has 2 aliphatic heterocycles. The number of amides is 2. The largest absolute Gasteiger partial charge is 0.479 e. The van der Waals surface area contributed by atoms with E-state index in [2.05, 4.69) is 17.2 Å². The lowest BCUT2D eigenvalue weighted by Crippen LogP contribution is -2.35. The van der Waals surface area contributed by atoms with Crippen molar-refractivity contribution in [3.63, 3.8) is 0 Å². The summed E-state index contributed by atoms with van der Waals surface area (Å²) in [6.45, 7) is 5.96. The SMILES string of the molecule is CC[C@@H](NC(=O)c1cc(C(=O)N2CCC[C@@H]2C)n2c1COCC2)c1cnc(OC)c(F)c1. The van der Waals surface area contributed by atoms with Crippen LogP contribution < -0.4 is 10.1 Å². The van der Waals surface area contributed by atoms with Gasteiger partial charge in [-0.2, -0.15) is 0 Å². The molecule has 172 valence electrons. The number of likely N-dealkylation sites (tertiary alicyclic amines) is 1. The van der Waals surface area contributed by atoms with E-state index in [0.29, 0.717) is 42.1 Å². The van der Waals surface area contributed by atoms with E-state index >= 15 is 0 Å². The van der Waals surface area contributed by atoms with Gasteiger partial charge < -0.3 is 24.3 Å². The van der Waals surface area contributed by atoms with E-state index < -0.39 is 11.9 Å². The van der Waals surface area contributed by atoms with Gasteiger partial charge in [0.25, 0.3) is 11.8 Å². The fourth-order valence-corrected chi connectivity index (χ4v) is 4.52. The molecule has 2 atom stereocenters. The first-order valence-corrected chi connectivity index (χ1v) is 11.1. The van der Waals surface area contributed by atoms with Crippen molar-refractivity contribution in [1.29, 1.82) is 0 Å². The average Bonchev–Trinajstić information content (AvgIpc) is 3.40. The third-order valence-corrected chi connectivity index (χ3v) is 6.32. The number of rotatable bonds is 6. The van der Waals surface area contributed by atoms with Gasteiger partial charge in [0, 0.05) is 25.3 Å². The highest BCUT2D eigenvalue weighted by atomic mass is 19.1. The molecule has 32 heavy (non-hydrogen) atoms. The number of ether oxygens (including phenoxy) is 2. The van der Waals surface area contributed by atoms with Crippen LogP contribution in [0, 0.1) is 5.82 Å². The first-order valence-electron chi connectivity index (χ1n) is 11.1. The molecule has 2 amide bonds. The summed E-state index contributed by atoms with van der Waals surface area (Å²) >= 11 is 0. The first kappa shape index (κ1) is 22.3. The molecule has 9 heteroatoms. The summed E-state index contributed by atoms with van der Waals surface area (Å²) in [5, 5.41) is 2.96. The van der Waals surface area contributed by atoms with E-state index in [4.69, 9.17) is 9.47 Å². The minimum Gasteiger partial charge on any atom is -0.479 e. The van der Waals surface area contributed by atoms with Crippen molar-refractivity contribution in [3.8, 4) is 5.88 Å². The Morgan fingerprint density at radius 1 is 1.38 bits per heavy atom. The molecule has 0 bridgehead atoms. The quantitative estimate of drug-likeness (QED) is 0.740. The van der Waals surface area contributed by atoms with Crippen LogP contribution in [0.2, 0.25) is 0 Å². The van der Waals surface area contributed by atoms with Gasteiger partial charge in [0.15, 0.2) is 5.82 Å². The van der Waals surface area contributed by atoms with Crippen LogP contribution in [-0.4, -0.2) is 52.6 Å². The summed E-state index contributed by atoms with van der Waals surface area (Å²) in [4.78, 5) is 32.3. The summed E-state index contributed by atoms with van der Waals surface area (Å²) in [7, 11) is 1.35. The zero-order valence-electron chi connectivity index (χ0n) is 18.7. The number of carbonyl (C=O) groups excluding carboxylic acids is 2.